The third-order valence-corrected chi connectivity index (χ3v) is 2.66. The maximum Gasteiger partial charge on any atom is 0.387 e. The van der Waals surface area contributed by atoms with Gasteiger partial charge in [0.05, 0.1) is 5.69 Å². The molecule has 0 spiro atoms. The zero-order valence-electron chi connectivity index (χ0n) is 9.61. The van der Waals surface area contributed by atoms with Crippen LogP contribution in [0.15, 0.2) is 41.0 Å². The second kappa shape index (κ2) is 5.83. The number of nitrogens with zero attached hydrogens (tertiary/aromatic N) is 1. The van der Waals surface area contributed by atoms with Crippen molar-refractivity contribution >= 4 is 33.1 Å². The molecule has 0 saturated carbocycles. The van der Waals surface area contributed by atoms with Gasteiger partial charge in [-0.2, -0.15) is 8.78 Å². The van der Waals surface area contributed by atoms with Crippen molar-refractivity contribution in [3.63, 3.8) is 0 Å². The fourth-order valence-electron chi connectivity index (χ4n) is 1.42. The fraction of sp³-hybridized carbons (Fsp3) is 0.0833. The van der Waals surface area contributed by atoms with Gasteiger partial charge in [-0.25, -0.2) is 4.98 Å². The molecule has 0 radical (unpaired) electrons. The first-order valence-corrected chi connectivity index (χ1v) is 6.07. The number of hydrogen-bond donors (Lipinski definition) is 2. The molecule has 0 saturated heterocycles. The molecule has 0 fully saturated rings. The molecule has 4 nitrogen and oxygen atoms in total. The van der Waals surface area contributed by atoms with E-state index in [1.807, 2.05) is 0 Å². The minimum atomic E-state index is -2.83. The molecule has 7 heteroatoms. The van der Waals surface area contributed by atoms with Crippen molar-refractivity contribution in [1.29, 1.82) is 0 Å². The van der Waals surface area contributed by atoms with Crippen LogP contribution in [-0.2, 0) is 0 Å². The van der Waals surface area contributed by atoms with Crippen LogP contribution >= 0.6 is 15.9 Å². The first-order valence-electron chi connectivity index (χ1n) is 5.27. The van der Waals surface area contributed by atoms with Crippen molar-refractivity contribution in [2.75, 3.05) is 11.1 Å². The number of aromatic nitrogens is 1. The van der Waals surface area contributed by atoms with Gasteiger partial charge in [-0.05, 0) is 46.3 Å². The van der Waals surface area contributed by atoms with Crippen LogP contribution in [0.25, 0.3) is 0 Å². The Morgan fingerprint density at radius 1 is 1.26 bits per heavy atom. The highest BCUT2D eigenvalue weighted by Crippen LogP contribution is 2.25. The van der Waals surface area contributed by atoms with Gasteiger partial charge >= 0.3 is 6.61 Å². The third-order valence-electron chi connectivity index (χ3n) is 2.23. The quantitative estimate of drug-likeness (QED) is 0.896. The molecule has 1 aromatic carbocycles. The summed E-state index contributed by atoms with van der Waals surface area (Å²) in [6.07, 6.45) is 1.60. The number of pyridine rings is 1. The zero-order chi connectivity index (χ0) is 13.8. The maximum atomic E-state index is 12.0. The molecule has 0 aliphatic rings. The minimum Gasteiger partial charge on any atom is -0.435 e. The lowest BCUT2D eigenvalue weighted by atomic mass is 10.3. The number of benzene rings is 1. The summed E-state index contributed by atoms with van der Waals surface area (Å²) < 4.78 is 29.0. The predicted octanol–water partition coefficient (Wildman–Crippen LogP) is 3.77. The number of nitrogens with one attached hydrogen (secondary N) is 1. The van der Waals surface area contributed by atoms with Gasteiger partial charge in [0.1, 0.15) is 5.75 Å². The first kappa shape index (κ1) is 13.5. The van der Waals surface area contributed by atoms with E-state index in [4.69, 9.17) is 5.73 Å². The van der Waals surface area contributed by atoms with E-state index in [2.05, 4.69) is 31.0 Å². The SMILES string of the molecule is Nc1cc(Br)cnc1Nc1ccc(OC(F)F)cc1. The Morgan fingerprint density at radius 2 is 1.95 bits per heavy atom. The van der Waals surface area contributed by atoms with E-state index in [0.717, 1.165) is 4.47 Å². The first-order chi connectivity index (χ1) is 9.04. The van der Waals surface area contributed by atoms with Crippen LogP contribution < -0.4 is 15.8 Å². The van der Waals surface area contributed by atoms with Gasteiger partial charge in [0.25, 0.3) is 0 Å². The fourth-order valence-corrected chi connectivity index (χ4v) is 1.76. The molecule has 0 amide bonds. The summed E-state index contributed by atoms with van der Waals surface area (Å²) in [7, 11) is 0. The van der Waals surface area contributed by atoms with Crippen LogP contribution in [0.4, 0.5) is 26.0 Å². The molecule has 0 aliphatic heterocycles. The number of hydrogen-bond acceptors (Lipinski definition) is 4. The second-order valence-electron chi connectivity index (χ2n) is 3.62. The molecule has 19 heavy (non-hydrogen) atoms. The normalized spacial score (nSPS) is 10.5. The van der Waals surface area contributed by atoms with Crippen molar-refractivity contribution in [2.45, 2.75) is 6.61 Å². The summed E-state index contributed by atoms with van der Waals surface area (Å²) in [6, 6.07) is 7.78. The van der Waals surface area contributed by atoms with Gasteiger partial charge in [0.15, 0.2) is 5.82 Å². The van der Waals surface area contributed by atoms with Crippen molar-refractivity contribution in [2.24, 2.45) is 0 Å². The summed E-state index contributed by atoms with van der Waals surface area (Å²) in [4.78, 5) is 4.11. The Kier molecular flexibility index (Phi) is 4.16. The molecule has 0 unspecified atom stereocenters. The Labute approximate surface area is 116 Å². The number of nitrogens with two attached hydrogens (primary N) is 1. The van der Waals surface area contributed by atoms with Crippen molar-refractivity contribution in [1.82, 2.24) is 4.98 Å². The number of anilines is 3. The predicted molar refractivity (Wildman–Crippen MR) is 72.7 cm³/mol. The number of alkyl halides is 2. The van der Waals surface area contributed by atoms with Crippen molar-refractivity contribution < 1.29 is 13.5 Å². The van der Waals surface area contributed by atoms with E-state index < -0.39 is 6.61 Å². The molecule has 0 bridgehead atoms. The molecular weight excluding hydrogens is 320 g/mol. The van der Waals surface area contributed by atoms with Crippen LogP contribution in [0, 0.1) is 0 Å². The molecule has 0 atom stereocenters. The van der Waals surface area contributed by atoms with Crippen LogP contribution in [0.5, 0.6) is 5.75 Å². The van der Waals surface area contributed by atoms with Gasteiger partial charge in [0.2, 0.25) is 0 Å². The summed E-state index contributed by atoms with van der Waals surface area (Å²) >= 11 is 3.26. The molecule has 2 rings (SSSR count). The molecule has 2 aromatic rings. The smallest absolute Gasteiger partial charge is 0.387 e. The van der Waals surface area contributed by atoms with Crippen LogP contribution in [0.1, 0.15) is 0 Å². The van der Waals surface area contributed by atoms with Gasteiger partial charge in [0, 0.05) is 16.4 Å². The van der Waals surface area contributed by atoms with Crippen LogP contribution in [0.2, 0.25) is 0 Å². The lowest BCUT2D eigenvalue weighted by Crippen LogP contribution is -2.02. The zero-order valence-corrected chi connectivity index (χ0v) is 11.2. The van der Waals surface area contributed by atoms with E-state index >= 15 is 0 Å². The Bertz CT molecular complexity index is 563. The average molecular weight is 330 g/mol. The lowest BCUT2D eigenvalue weighted by molar-refractivity contribution is -0.0498. The number of ether oxygens (including phenoxy) is 1. The Balaban J connectivity index is 2.10. The summed E-state index contributed by atoms with van der Waals surface area (Å²) in [5, 5.41) is 2.98. The molecule has 100 valence electrons. The van der Waals surface area contributed by atoms with Gasteiger partial charge < -0.3 is 15.8 Å². The molecule has 3 N–H and O–H groups in total. The summed E-state index contributed by atoms with van der Waals surface area (Å²) in [6.45, 7) is -2.83. The van der Waals surface area contributed by atoms with E-state index in [0.29, 0.717) is 17.2 Å². The molecule has 1 aromatic heterocycles. The maximum absolute atomic E-state index is 12.0. The molecule has 0 aliphatic carbocycles. The lowest BCUT2D eigenvalue weighted by Gasteiger charge is -2.09. The Hall–Kier alpha value is -1.89. The number of rotatable bonds is 4. The van der Waals surface area contributed by atoms with Crippen molar-refractivity contribution in [3.8, 4) is 5.75 Å². The highest BCUT2D eigenvalue weighted by atomic mass is 79.9. The van der Waals surface area contributed by atoms with Crippen molar-refractivity contribution in [3.05, 3.63) is 41.0 Å². The van der Waals surface area contributed by atoms with E-state index in [-0.39, 0.29) is 5.75 Å². The van der Waals surface area contributed by atoms with E-state index in [1.165, 1.54) is 12.1 Å². The standard InChI is InChI=1S/C12H10BrF2N3O/c13-7-5-10(16)11(17-6-7)18-8-1-3-9(4-2-8)19-12(14)15/h1-6,12H,16H2,(H,17,18). The largest absolute Gasteiger partial charge is 0.435 e. The average Bonchev–Trinajstić information content (AvgIpc) is 2.34. The topological polar surface area (TPSA) is 60.2 Å². The van der Waals surface area contributed by atoms with Gasteiger partial charge in [-0.1, -0.05) is 0 Å². The van der Waals surface area contributed by atoms with Crippen LogP contribution in [-0.4, -0.2) is 11.6 Å². The van der Waals surface area contributed by atoms with Crippen LogP contribution in [0.3, 0.4) is 0 Å². The number of nitrogen functional groups attached to an aromatic ring is 1. The number of halogens is 3. The molecular formula is C12H10BrF2N3O. The Morgan fingerprint density at radius 3 is 2.53 bits per heavy atom. The van der Waals surface area contributed by atoms with E-state index in [9.17, 15) is 8.78 Å². The highest BCUT2D eigenvalue weighted by Gasteiger charge is 2.05. The highest BCUT2D eigenvalue weighted by molar-refractivity contribution is 9.10. The second-order valence-corrected chi connectivity index (χ2v) is 4.53. The molecule has 1 heterocycles. The monoisotopic (exact) mass is 329 g/mol. The van der Waals surface area contributed by atoms with Gasteiger partial charge in [-0.15, -0.1) is 0 Å². The minimum absolute atomic E-state index is 0.0947. The summed E-state index contributed by atoms with van der Waals surface area (Å²) in [5.74, 6) is 0.586. The van der Waals surface area contributed by atoms with E-state index in [1.54, 1.807) is 24.4 Å². The van der Waals surface area contributed by atoms with Gasteiger partial charge in [-0.3, -0.25) is 0 Å². The third kappa shape index (κ3) is 3.78. The summed E-state index contributed by atoms with van der Waals surface area (Å²) in [5.41, 5.74) is 6.93.